The van der Waals surface area contributed by atoms with Gasteiger partial charge in [-0.25, -0.2) is 9.13 Å². The Labute approximate surface area is 153 Å². The Kier molecular flexibility index (Phi) is 15.1. The summed E-state index contributed by atoms with van der Waals surface area (Å²) in [6.45, 7) is 4.13. The van der Waals surface area contributed by atoms with Crippen molar-refractivity contribution in [2.24, 2.45) is 0 Å². The van der Waals surface area contributed by atoms with Crippen molar-refractivity contribution in [2.45, 2.75) is 82.7 Å². The lowest BCUT2D eigenvalue weighted by molar-refractivity contribution is -0.111. The maximum atomic E-state index is 12.0. The van der Waals surface area contributed by atoms with Crippen LogP contribution in [0.2, 0.25) is 0 Å². The highest BCUT2D eigenvalue weighted by Crippen LogP contribution is 2.29. The Hall–Kier alpha value is -0.100. The van der Waals surface area contributed by atoms with Gasteiger partial charge in [-0.2, -0.15) is 0 Å². The van der Waals surface area contributed by atoms with Crippen LogP contribution in [0.5, 0.6) is 0 Å². The molecule has 0 heterocycles. The summed E-state index contributed by atoms with van der Waals surface area (Å²) in [5, 5.41) is 9.25. The van der Waals surface area contributed by atoms with E-state index in [4.69, 9.17) is 0 Å². The number of aliphatic hydroxyl groups excluding tert-OH is 1. The predicted octanol–water partition coefficient (Wildman–Crippen LogP) is 4.92. The van der Waals surface area contributed by atoms with Gasteiger partial charge in [0.15, 0.2) is 16.1 Å². The van der Waals surface area contributed by atoms with E-state index in [-0.39, 0.29) is 21.9 Å². The van der Waals surface area contributed by atoms with Crippen molar-refractivity contribution in [3.63, 3.8) is 0 Å². The van der Waals surface area contributed by atoms with Crippen LogP contribution in [-0.2, 0) is 18.7 Å². The van der Waals surface area contributed by atoms with Crippen molar-refractivity contribution in [1.82, 2.24) is 0 Å². The maximum absolute atomic E-state index is 12.0. The third-order valence-corrected chi connectivity index (χ3v) is 6.58. The van der Waals surface area contributed by atoms with Gasteiger partial charge in [-0.3, -0.25) is 9.59 Å². The van der Waals surface area contributed by atoms with Gasteiger partial charge in [0.25, 0.3) is 0 Å². The van der Waals surface area contributed by atoms with Gasteiger partial charge in [0.05, 0.1) is 0 Å². The molecular weight excluding hydrogens is 367 g/mol. The first-order valence-electron chi connectivity index (χ1n) is 8.57. The molecule has 0 aliphatic heterocycles. The van der Waals surface area contributed by atoms with Crippen LogP contribution < -0.4 is 0 Å². The van der Waals surface area contributed by atoms with Crippen LogP contribution in [0.4, 0.5) is 0 Å². The molecule has 0 saturated heterocycles. The Balaban J connectivity index is 4.41. The zero-order chi connectivity index (χ0) is 18.4. The second-order valence-electron chi connectivity index (χ2n) is 5.71. The number of hydrogen-bond acceptors (Lipinski definition) is 7. The molecule has 0 saturated carbocycles. The second-order valence-corrected chi connectivity index (χ2v) is 9.31. The molecule has 2 unspecified atom stereocenters. The average Bonchev–Trinajstić information content (AvgIpc) is 2.53. The predicted molar refractivity (Wildman–Crippen MR) is 101 cm³/mol. The fraction of sp³-hybridized carbons (Fsp3) is 0.875. The monoisotopic (exact) mass is 396 g/mol. The zero-order valence-electron chi connectivity index (χ0n) is 14.6. The van der Waals surface area contributed by atoms with E-state index in [1.165, 1.54) is 0 Å². The number of carbonyl (C=O) groups excluding carboxylic acids is 2. The first-order valence-corrected chi connectivity index (χ1v) is 11.7. The number of rotatable bonds is 14. The molecule has 0 aromatic rings. The van der Waals surface area contributed by atoms with Gasteiger partial charge in [0.1, 0.15) is 0 Å². The van der Waals surface area contributed by atoms with Gasteiger partial charge < -0.3 is 5.11 Å². The molecule has 8 heteroatoms. The molecule has 0 aromatic carbocycles. The molecule has 0 aromatic heterocycles. The summed E-state index contributed by atoms with van der Waals surface area (Å²) in [5.41, 5.74) is 0. The van der Waals surface area contributed by atoms with E-state index >= 15 is 0 Å². The zero-order valence-corrected chi connectivity index (χ0v) is 17.1. The van der Waals surface area contributed by atoms with Crippen LogP contribution in [0.1, 0.15) is 71.6 Å². The van der Waals surface area contributed by atoms with Gasteiger partial charge in [0, 0.05) is 30.3 Å². The smallest absolute Gasteiger partial charge is 0.344 e. The summed E-state index contributed by atoms with van der Waals surface area (Å²) in [6.07, 6.45) is 6.67. The first kappa shape index (κ1) is 23.9. The topological polar surface area (TPSA) is 88.5 Å². The maximum Gasteiger partial charge on any atom is 0.344 e. The van der Waals surface area contributed by atoms with Crippen LogP contribution in [0.25, 0.3) is 0 Å². The number of carbonyl (C=O) groups is 2. The molecule has 1 N–H and O–H groups in total. The van der Waals surface area contributed by atoms with E-state index in [9.17, 15) is 23.8 Å². The third kappa shape index (κ3) is 13.2. The number of unbranched alkanes of at least 4 members (excludes halogenated alkanes) is 4. The molecule has 0 rings (SSSR count). The Morgan fingerprint density at radius 2 is 1.50 bits per heavy atom. The molecule has 2 atom stereocenters. The highest BCUT2D eigenvalue weighted by molar-refractivity contribution is 8.17. The van der Waals surface area contributed by atoms with Gasteiger partial charge >= 0.3 is 7.68 Å². The first-order chi connectivity index (χ1) is 11.4. The fourth-order valence-electron chi connectivity index (χ4n) is 2.01. The minimum absolute atomic E-state index is 0.000748. The summed E-state index contributed by atoms with van der Waals surface area (Å²) in [7, 11) is -2.93. The van der Waals surface area contributed by atoms with Gasteiger partial charge in [-0.1, -0.05) is 63.1 Å². The van der Waals surface area contributed by atoms with E-state index in [0.29, 0.717) is 18.6 Å². The summed E-state index contributed by atoms with van der Waals surface area (Å²) in [4.78, 5) is 23.8. The van der Waals surface area contributed by atoms with Gasteiger partial charge in [-0.05, 0) is 12.8 Å². The van der Waals surface area contributed by atoms with E-state index in [1.54, 1.807) is 0 Å². The van der Waals surface area contributed by atoms with Crippen LogP contribution in [0.3, 0.4) is 0 Å². The summed E-state index contributed by atoms with van der Waals surface area (Å²) in [6, 6.07) is 0. The van der Waals surface area contributed by atoms with Crippen LogP contribution in [0, 0.1) is 0 Å². The molecule has 140 valence electrons. The van der Waals surface area contributed by atoms with E-state index in [2.05, 4.69) is 13.8 Å². The van der Waals surface area contributed by atoms with Crippen LogP contribution in [-0.4, -0.2) is 32.2 Å². The lowest BCUT2D eigenvalue weighted by atomic mass is 10.2. The Bertz CT molecular complexity index is 432. The minimum Gasteiger partial charge on any atom is -0.378 e. The summed E-state index contributed by atoms with van der Waals surface area (Å²) >= 11 is 2.21. The van der Waals surface area contributed by atoms with Gasteiger partial charge in [0.2, 0.25) is 0 Å². The van der Waals surface area contributed by atoms with E-state index < -0.39 is 13.5 Å². The molecule has 0 aliphatic rings. The largest absolute Gasteiger partial charge is 0.378 e. The van der Waals surface area contributed by atoms with E-state index in [0.717, 1.165) is 62.0 Å². The molecule has 0 fully saturated rings. The molecular formula is C16H29O5PS2. The molecule has 0 aliphatic carbocycles. The van der Waals surface area contributed by atoms with Crippen LogP contribution >= 0.6 is 31.2 Å². The van der Waals surface area contributed by atoms with Crippen molar-refractivity contribution < 1.29 is 23.8 Å². The van der Waals surface area contributed by atoms with Crippen molar-refractivity contribution in [1.29, 1.82) is 0 Å². The molecule has 5 nitrogen and oxygen atoms in total. The summed E-state index contributed by atoms with van der Waals surface area (Å²) < 4.78 is 21.7. The highest BCUT2D eigenvalue weighted by Gasteiger charge is 2.22. The third-order valence-electron chi connectivity index (χ3n) is 3.41. The van der Waals surface area contributed by atoms with Crippen molar-refractivity contribution >= 4 is 41.4 Å². The SMILES string of the molecule is CCCCCC(=O)SCC(CC(O)P(=O)=O)SC(=O)CCCCC. The standard InChI is InChI=1S/C16H29O5PS2/c1-3-5-7-9-15(18)23-12-13(11-14(17)22(20)21)24-16(19)10-8-6-4-2/h13-14,17H,3-12H2,1-2H3. The molecule has 24 heavy (non-hydrogen) atoms. The number of aliphatic hydroxyl groups is 1. The van der Waals surface area contributed by atoms with Gasteiger partial charge in [-0.15, -0.1) is 0 Å². The molecule has 0 radical (unpaired) electrons. The summed E-state index contributed by atoms with van der Waals surface area (Å²) in [5.74, 6) is -1.10. The van der Waals surface area contributed by atoms with Crippen molar-refractivity contribution in [2.75, 3.05) is 5.75 Å². The quantitative estimate of drug-likeness (QED) is 0.329. The van der Waals surface area contributed by atoms with Crippen molar-refractivity contribution in [3.8, 4) is 0 Å². The van der Waals surface area contributed by atoms with E-state index in [1.807, 2.05) is 0 Å². The number of hydrogen-bond donors (Lipinski definition) is 1. The van der Waals surface area contributed by atoms with Crippen LogP contribution in [0.15, 0.2) is 0 Å². The average molecular weight is 397 g/mol. The molecule has 0 bridgehead atoms. The number of thioether (sulfide) groups is 2. The molecule has 0 amide bonds. The normalized spacial score (nSPS) is 13.5. The fourth-order valence-corrected chi connectivity index (χ4v) is 4.77. The highest BCUT2D eigenvalue weighted by atomic mass is 32.2. The van der Waals surface area contributed by atoms with Crippen molar-refractivity contribution in [3.05, 3.63) is 0 Å². The second kappa shape index (κ2) is 15.2. The Morgan fingerprint density at radius 3 is 2.00 bits per heavy atom. The lowest BCUT2D eigenvalue weighted by Crippen LogP contribution is -2.17. The minimum atomic E-state index is -2.93. The Morgan fingerprint density at radius 1 is 0.958 bits per heavy atom. The molecule has 0 spiro atoms. The lowest BCUT2D eigenvalue weighted by Gasteiger charge is -2.15.